The minimum atomic E-state index is -3.87. The summed E-state index contributed by atoms with van der Waals surface area (Å²) in [7, 11) is -2.35. The minimum absolute atomic E-state index is 0.0443. The van der Waals surface area contributed by atoms with E-state index in [4.69, 9.17) is 4.74 Å². The molecule has 3 rings (SSSR count). The van der Waals surface area contributed by atoms with Crippen molar-refractivity contribution in [2.45, 2.75) is 4.90 Å². The van der Waals surface area contributed by atoms with Crippen molar-refractivity contribution in [3.8, 4) is 5.75 Å². The number of ether oxygens (including phenoxy) is 1. The molecule has 0 aliphatic heterocycles. The van der Waals surface area contributed by atoms with Gasteiger partial charge in [0.05, 0.1) is 18.2 Å². The molecule has 148 valence electrons. The van der Waals surface area contributed by atoms with Crippen LogP contribution in [0.4, 0.5) is 5.69 Å². The molecule has 8 nitrogen and oxygen atoms in total. The molecule has 2 N–H and O–H groups in total. The van der Waals surface area contributed by atoms with Gasteiger partial charge in [-0.1, -0.05) is 12.1 Å². The maximum atomic E-state index is 12.6. The predicted octanol–water partition coefficient (Wildman–Crippen LogP) is 2.65. The van der Waals surface area contributed by atoms with E-state index in [1.54, 1.807) is 48.8 Å². The largest absolute Gasteiger partial charge is 0.497 e. The van der Waals surface area contributed by atoms with Crippen LogP contribution >= 0.6 is 0 Å². The lowest BCUT2D eigenvalue weighted by molar-refractivity contribution is 0.0955. The summed E-state index contributed by atoms with van der Waals surface area (Å²) in [6.45, 7) is 0. The summed E-state index contributed by atoms with van der Waals surface area (Å²) in [5.74, 6) is 0.0742. The highest BCUT2D eigenvalue weighted by molar-refractivity contribution is 7.92. The molecule has 0 saturated heterocycles. The Kier molecular flexibility index (Phi) is 6.20. The molecule has 3 aromatic rings. The second-order valence-electron chi connectivity index (χ2n) is 5.85. The van der Waals surface area contributed by atoms with Gasteiger partial charge in [0, 0.05) is 29.2 Å². The standard InChI is InChI=1S/C20H18N4O4S/c1-28-18-9-7-17(8-10-18)24-29(26,27)19-6-2-5-16(12-19)20(25)23-22-14-15-4-3-11-21-13-15/h2-14,24H,1H3,(H,23,25)/b22-14+. The van der Waals surface area contributed by atoms with E-state index in [1.165, 1.54) is 37.6 Å². The molecular formula is C20H18N4O4S. The SMILES string of the molecule is COc1ccc(NS(=O)(=O)c2cccc(C(=O)N/N=C/c3cccnc3)c2)cc1. The Hall–Kier alpha value is -3.72. The number of sulfonamides is 1. The van der Waals surface area contributed by atoms with Crippen LogP contribution in [0.3, 0.4) is 0 Å². The van der Waals surface area contributed by atoms with Gasteiger partial charge in [-0.2, -0.15) is 5.10 Å². The van der Waals surface area contributed by atoms with Crippen molar-refractivity contribution in [3.63, 3.8) is 0 Å². The monoisotopic (exact) mass is 410 g/mol. The van der Waals surface area contributed by atoms with Gasteiger partial charge in [-0.25, -0.2) is 13.8 Å². The zero-order chi connectivity index (χ0) is 20.7. The van der Waals surface area contributed by atoms with Crippen LogP contribution in [0.1, 0.15) is 15.9 Å². The van der Waals surface area contributed by atoms with Crippen molar-refractivity contribution in [2.24, 2.45) is 5.10 Å². The lowest BCUT2D eigenvalue weighted by atomic mass is 10.2. The first-order chi connectivity index (χ1) is 14.0. The maximum absolute atomic E-state index is 12.6. The molecule has 0 saturated carbocycles. The number of rotatable bonds is 7. The molecule has 0 atom stereocenters. The Morgan fingerprint density at radius 3 is 2.59 bits per heavy atom. The number of benzene rings is 2. The first kappa shape index (κ1) is 20.0. The maximum Gasteiger partial charge on any atom is 0.271 e. The normalized spacial score (nSPS) is 11.2. The van der Waals surface area contributed by atoms with Gasteiger partial charge >= 0.3 is 0 Å². The summed E-state index contributed by atoms with van der Waals surface area (Å²) < 4.78 is 32.8. The highest BCUT2D eigenvalue weighted by atomic mass is 32.2. The van der Waals surface area contributed by atoms with Crippen molar-refractivity contribution >= 4 is 27.8 Å². The van der Waals surface area contributed by atoms with Gasteiger partial charge in [0.2, 0.25) is 0 Å². The van der Waals surface area contributed by atoms with E-state index in [2.05, 4.69) is 20.2 Å². The van der Waals surface area contributed by atoms with Crippen LogP contribution in [0.25, 0.3) is 0 Å². The molecule has 29 heavy (non-hydrogen) atoms. The van der Waals surface area contributed by atoms with Crippen LogP contribution in [0.15, 0.2) is 83.1 Å². The fraction of sp³-hybridized carbons (Fsp3) is 0.0500. The zero-order valence-corrected chi connectivity index (χ0v) is 16.3. The number of amides is 1. The molecule has 0 unspecified atom stereocenters. The van der Waals surface area contributed by atoms with Gasteiger partial charge < -0.3 is 4.74 Å². The Labute approximate surface area is 168 Å². The molecular weight excluding hydrogens is 392 g/mol. The fourth-order valence-electron chi connectivity index (χ4n) is 2.36. The first-order valence-corrected chi connectivity index (χ1v) is 9.96. The molecule has 1 aromatic heterocycles. The average molecular weight is 410 g/mol. The van der Waals surface area contributed by atoms with E-state index < -0.39 is 15.9 Å². The van der Waals surface area contributed by atoms with Gasteiger partial charge in [-0.15, -0.1) is 0 Å². The summed E-state index contributed by atoms with van der Waals surface area (Å²) in [5, 5.41) is 3.85. The number of methoxy groups -OCH3 is 1. The number of carbonyl (C=O) groups excluding carboxylic acids is 1. The van der Waals surface area contributed by atoms with E-state index in [0.29, 0.717) is 17.0 Å². The third-order valence-corrected chi connectivity index (χ3v) is 5.19. The van der Waals surface area contributed by atoms with Crippen molar-refractivity contribution in [1.29, 1.82) is 0 Å². The number of hydrogen-bond donors (Lipinski definition) is 2. The van der Waals surface area contributed by atoms with Crippen LogP contribution in [0.2, 0.25) is 0 Å². The van der Waals surface area contributed by atoms with E-state index in [-0.39, 0.29) is 10.5 Å². The molecule has 0 aliphatic carbocycles. The molecule has 0 fully saturated rings. The lowest BCUT2D eigenvalue weighted by Crippen LogP contribution is -2.19. The van der Waals surface area contributed by atoms with Crippen molar-refractivity contribution in [1.82, 2.24) is 10.4 Å². The molecule has 9 heteroatoms. The summed E-state index contributed by atoms with van der Waals surface area (Å²) in [6, 6.07) is 15.6. The summed E-state index contributed by atoms with van der Waals surface area (Å²) in [4.78, 5) is 16.2. The average Bonchev–Trinajstić information content (AvgIpc) is 2.75. The number of aromatic nitrogens is 1. The van der Waals surface area contributed by atoms with Gasteiger partial charge in [0.25, 0.3) is 15.9 Å². The van der Waals surface area contributed by atoms with Crippen LogP contribution in [0.5, 0.6) is 5.75 Å². The third kappa shape index (κ3) is 5.39. The second-order valence-corrected chi connectivity index (χ2v) is 7.53. The molecule has 0 aliphatic rings. The summed E-state index contributed by atoms with van der Waals surface area (Å²) >= 11 is 0. The summed E-state index contributed by atoms with van der Waals surface area (Å²) in [6.07, 6.45) is 4.66. The van der Waals surface area contributed by atoms with Gasteiger partial charge in [-0.05, 0) is 48.5 Å². The minimum Gasteiger partial charge on any atom is -0.497 e. The molecule has 1 heterocycles. The first-order valence-electron chi connectivity index (χ1n) is 8.48. The molecule has 0 radical (unpaired) electrons. The van der Waals surface area contributed by atoms with Crippen molar-refractivity contribution < 1.29 is 17.9 Å². The van der Waals surface area contributed by atoms with Crippen LogP contribution in [-0.2, 0) is 10.0 Å². The van der Waals surface area contributed by atoms with E-state index >= 15 is 0 Å². The highest BCUT2D eigenvalue weighted by Gasteiger charge is 2.16. The van der Waals surface area contributed by atoms with Crippen molar-refractivity contribution in [3.05, 3.63) is 84.2 Å². The quantitative estimate of drug-likeness (QED) is 0.460. The van der Waals surface area contributed by atoms with Crippen molar-refractivity contribution in [2.75, 3.05) is 11.8 Å². The van der Waals surface area contributed by atoms with Gasteiger partial charge in [0.15, 0.2) is 0 Å². The third-order valence-electron chi connectivity index (χ3n) is 3.81. The van der Waals surface area contributed by atoms with Gasteiger partial charge in [-0.3, -0.25) is 14.5 Å². The topological polar surface area (TPSA) is 110 Å². The molecule has 0 bridgehead atoms. The number of hydrazone groups is 1. The molecule has 0 spiro atoms. The Morgan fingerprint density at radius 1 is 1.10 bits per heavy atom. The van der Waals surface area contributed by atoms with Crippen LogP contribution in [-0.4, -0.2) is 32.6 Å². The molecule has 2 aromatic carbocycles. The van der Waals surface area contributed by atoms with Gasteiger partial charge in [0.1, 0.15) is 5.75 Å². The Morgan fingerprint density at radius 2 is 1.90 bits per heavy atom. The smallest absolute Gasteiger partial charge is 0.271 e. The van der Waals surface area contributed by atoms with E-state index in [1.807, 2.05) is 0 Å². The second kappa shape index (κ2) is 8.98. The number of nitrogens with one attached hydrogen (secondary N) is 2. The van der Waals surface area contributed by atoms with Crippen LogP contribution < -0.4 is 14.9 Å². The van der Waals surface area contributed by atoms with E-state index in [0.717, 1.165) is 0 Å². The predicted molar refractivity (Wildman–Crippen MR) is 110 cm³/mol. The number of pyridine rings is 1. The zero-order valence-electron chi connectivity index (χ0n) is 15.4. The number of nitrogens with zero attached hydrogens (tertiary/aromatic N) is 2. The lowest BCUT2D eigenvalue weighted by Gasteiger charge is -2.09. The number of hydrogen-bond acceptors (Lipinski definition) is 6. The van der Waals surface area contributed by atoms with E-state index in [9.17, 15) is 13.2 Å². The Balaban J connectivity index is 1.71. The highest BCUT2D eigenvalue weighted by Crippen LogP contribution is 2.20. The number of anilines is 1. The molecule has 1 amide bonds. The number of carbonyl (C=O) groups is 1. The van der Waals surface area contributed by atoms with Crippen LogP contribution in [0, 0.1) is 0 Å². The fourth-order valence-corrected chi connectivity index (χ4v) is 3.46. The Bertz CT molecular complexity index is 1110. The summed E-state index contributed by atoms with van der Waals surface area (Å²) in [5.41, 5.74) is 3.61.